The van der Waals surface area contributed by atoms with Gasteiger partial charge in [0, 0.05) is 23.7 Å². The van der Waals surface area contributed by atoms with E-state index in [1.165, 1.54) is 11.8 Å². The molecule has 0 unspecified atom stereocenters. The minimum Gasteiger partial charge on any atom is -0.497 e. The molecule has 1 aliphatic heterocycles. The van der Waals surface area contributed by atoms with Gasteiger partial charge in [-0.25, -0.2) is 9.79 Å². The molecule has 10 heteroatoms. The molecule has 1 atom stereocenters. The number of hydrogen-bond acceptors (Lipinski definition) is 7. The topological polar surface area (TPSA) is 97.3 Å². The summed E-state index contributed by atoms with van der Waals surface area (Å²) in [6.07, 6.45) is 0.633. The zero-order chi connectivity index (χ0) is 27.8. The van der Waals surface area contributed by atoms with E-state index in [1.807, 2.05) is 24.3 Å². The van der Waals surface area contributed by atoms with Crippen LogP contribution in [0, 0.1) is 0 Å². The first-order valence-corrected chi connectivity index (χ1v) is 13.6. The Hall–Kier alpha value is -3.82. The van der Waals surface area contributed by atoms with Gasteiger partial charge in [-0.1, -0.05) is 35.5 Å². The van der Waals surface area contributed by atoms with Crippen LogP contribution in [0.3, 0.4) is 0 Å². The molecule has 0 saturated carbocycles. The first kappa shape index (κ1) is 28.2. The van der Waals surface area contributed by atoms with Gasteiger partial charge >= 0.3 is 5.97 Å². The third kappa shape index (κ3) is 7.61. The van der Waals surface area contributed by atoms with Crippen LogP contribution in [0.15, 0.2) is 77.8 Å². The lowest BCUT2D eigenvalue weighted by molar-refractivity contribution is -0.129. The van der Waals surface area contributed by atoms with E-state index in [4.69, 9.17) is 26.1 Å². The van der Waals surface area contributed by atoms with Crippen LogP contribution in [0.5, 0.6) is 5.75 Å². The number of nitrogens with one attached hydrogen (secondary N) is 1. The highest BCUT2D eigenvalue weighted by Crippen LogP contribution is 2.31. The van der Waals surface area contributed by atoms with Gasteiger partial charge in [0.15, 0.2) is 5.17 Å². The summed E-state index contributed by atoms with van der Waals surface area (Å²) < 4.78 is 10.2. The third-order valence-corrected chi connectivity index (χ3v) is 7.37. The minimum absolute atomic E-state index is 0.0274. The summed E-state index contributed by atoms with van der Waals surface area (Å²) in [6.45, 7) is 2.42. The molecule has 202 valence electrons. The monoisotopic (exact) mass is 565 g/mol. The molecule has 0 bridgehead atoms. The number of aliphatic imine (C=N–C) groups is 1. The van der Waals surface area contributed by atoms with Crippen molar-refractivity contribution in [2.75, 3.05) is 25.6 Å². The van der Waals surface area contributed by atoms with E-state index in [1.54, 1.807) is 67.5 Å². The van der Waals surface area contributed by atoms with Gasteiger partial charge in [0.2, 0.25) is 11.8 Å². The fourth-order valence-electron chi connectivity index (χ4n) is 3.85. The number of carbonyl (C=O) groups is 3. The Bertz CT molecular complexity index is 1340. The summed E-state index contributed by atoms with van der Waals surface area (Å²) in [5, 5.41) is 3.26. The van der Waals surface area contributed by atoms with Crippen molar-refractivity contribution in [3.8, 4) is 5.75 Å². The highest BCUT2D eigenvalue weighted by Gasteiger charge is 2.35. The smallest absolute Gasteiger partial charge is 0.338 e. The van der Waals surface area contributed by atoms with Gasteiger partial charge in [-0.3, -0.25) is 14.5 Å². The van der Waals surface area contributed by atoms with Crippen molar-refractivity contribution in [3.05, 3.63) is 88.9 Å². The molecule has 1 heterocycles. The van der Waals surface area contributed by atoms with Gasteiger partial charge in [0.05, 0.1) is 25.0 Å². The molecule has 1 aliphatic rings. The van der Waals surface area contributed by atoms with Crippen molar-refractivity contribution in [1.82, 2.24) is 4.90 Å². The molecule has 0 radical (unpaired) electrons. The van der Waals surface area contributed by atoms with Gasteiger partial charge in [-0.05, 0) is 79.6 Å². The van der Waals surface area contributed by atoms with Crippen LogP contribution in [0.25, 0.3) is 0 Å². The number of benzene rings is 3. The summed E-state index contributed by atoms with van der Waals surface area (Å²) in [6, 6.07) is 21.1. The minimum atomic E-state index is -0.675. The maximum absolute atomic E-state index is 13.3. The number of rotatable bonds is 9. The van der Waals surface area contributed by atoms with Gasteiger partial charge < -0.3 is 14.8 Å². The van der Waals surface area contributed by atoms with Gasteiger partial charge in [-0.2, -0.15) is 0 Å². The fourth-order valence-corrected chi connectivity index (χ4v) is 5.10. The molecule has 1 N–H and O–H groups in total. The highest BCUT2D eigenvalue weighted by molar-refractivity contribution is 8.15. The second kappa shape index (κ2) is 13.3. The lowest BCUT2D eigenvalue weighted by Gasteiger charge is -2.32. The number of carbonyl (C=O) groups excluding carboxylic acids is 3. The number of esters is 1. The van der Waals surface area contributed by atoms with Crippen LogP contribution in [0.4, 0.5) is 11.4 Å². The highest BCUT2D eigenvalue weighted by atomic mass is 35.5. The zero-order valence-corrected chi connectivity index (χ0v) is 23.1. The van der Waals surface area contributed by atoms with Crippen LogP contribution in [-0.4, -0.2) is 53.4 Å². The number of halogens is 1. The van der Waals surface area contributed by atoms with E-state index in [-0.39, 0.29) is 24.8 Å². The van der Waals surface area contributed by atoms with Gasteiger partial charge in [0.25, 0.3) is 0 Å². The van der Waals surface area contributed by atoms with Crippen LogP contribution in [-0.2, 0) is 20.7 Å². The average Bonchev–Trinajstić information content (AvgIpc) is 2.94. The predicted octanol–water partition coefficient (Wildman–Crippen LogP) is 5.73. The molecule has 1 saturated heterocycles. The van der Waals surface area contributed by atoms with Crippen LogP contribution in [0.2, 0.25) is 5.02 Å². The molecular formula is C29H28ClN3O5S. The first-order valence-electron chi connectivity index (χ1n) is 12.4. The Kier molecular flexibility index (Phi) is 9.62. The molecule has 2 amide bonds. The molecule has 1 fully saturated rings. The van der Waals surface area contributed by atoms with Gasteiger partial charge in [-0.15, -0.1) is 0 Å². The van der Waals surface area contributed by atoms with Crippen molar-refractivity contribution >= 4 is 57.7 Å². The standard InChI is InChI=1S/C29H28ClN3O5S/c1-3-38-28(36)20-6-10-22(11-7-20)31-27(35)25-18-26(34)33(17-16-19-4-8-21(30)9-5-19)29(39-25)32-23-12-14-24(37-2)15-13-23/h4-15,25H,3,16-18H2,1-2H3,(H,31,35)/t25-/m1/s1. The van der Waals surface area contributed by atoms with E-state index in [9.17, 15) is 14.4 Å². The quantitative estimate of drug-likeness (QED) is 0.333. The molecule has 3 aromatic carbocycles. The zero-order valence-electron chi connectivity index (χ0n) is 21.6. The van der Waals surface area contributed by atoms with E-state index >= 15 is 0 Å². The number of ether oxygens (including phenoxy) is 2. The molecule has 39 heavy (non-hydrogen) atoms. The fraction of sp³-hybridized carbons (Fsp3) is 0.241. The lowest BCUT2D eigenvalue weighted by Crippen LogP contribution is -2.46. The molecule has 4 rings (SSSR count). The lowest BCUT2D eigenvalue weighted by atomic mass is 10.1. The number of nitrogens with zero attached hydrogens (tertiary/aromatic N) is 2. The SMILES string of the molecule is CCOC(=O)c1ccc(NC(=O)[C@H]2CC(=O)N(CCc3ccc(Cl)cc3)C(=Nc3ccc(OC)cc3)S2)cc1. The second-order valence-corrected chi connectivity index (χ2v) is 10.2. The number of anilines is 1. The van der Waals surface area contributed by atoms with Gasteiger partial charge in [0.1, 0.15) is 11.0 Å². The number of methoxy groups -OCH3 is 1. The largest absolute Gasteiger partial charge is 0.497 e. The van der Waals surface area contributed by atoms with Crippen molar-refractivity contribution in [3.63, 3.8) is 0 Å². The summed E-state index contributed by atoms with van der Waals surface area (Å²) in [5.74, 6) is -0.246. The summed E-state index contributed by atoms with van der Waals surface area (Å²) in [4.78, 5) is 44.7. The van der Waals surface area contributed by atoms with Crippen molar-refractivity contribution in [1.29, 1.82) is 0 Å². The Morgan fingerprint density at radius 3 is 2.38 bits per heavy atom. The third-order valence-electron chi connectivity index (χ3n) is 5.93. The number of thioether (sulfide) groups is 1. The van der Waals surface area contributed by atoms with Crippen LogP contribution < -0.4 is 10.1 Å². The molecule has 0 aromatic heterocycles. The van der Waals surface area contributed by atoms with E-state index < -0.39 is 11.2 Å². The van der Waals surface area contributed by atoms with Crippen molar-refractivity contribution in [2.45, 2.75) is 25.0 Å². The van der Waals surface area contributed by atoms with Crippen LogP contribution >= 0.6 is 23.4 Å². The average molecular weight is 566 g/mol. The van der Waals surface area contributed by atoms with Crippen LogP contribution in [0.1, 0.15) is 29.3 Å². The van der Waals surface area contributed by atoms with Crippen molar-refractivity contribution in [2.24, 2.45) is 4.99 Å². The second-order valence-electron chi connectivity index (χ2n) is 8.61. The Morgan fingerprint density at radius 2 is 1.74 bits per heavy atom. The van der Waals surface area contributed by atoms with E-state index in [2.05, 4.69) is 5.32 Å². The number of hydrogen-bond donors (Lipinski definition) is 1. The Balaban J connectivity index is 1.51. The van der Waals surface area contributed by atoms with E-state index in [0.717, 1.165) is 5.56 Å². The summed E-state index contributed by atoms with van der Waals surface area (Å²) >= 11 is 7.25. The number of amides is 2. The molecule has 8 nitrogen and oxygen atoms in total. The molecule has 3 aromatic rings. The molecule has 0 spiro atoms. The van der Waals surface area contributed by atoms with Crippen molar-refractivity contribution < 1.29 is 23.9 Å². The Morgan fingerprint density at radius 1 is 1.05 bits per heavy atom. The Labute approximate surface area is 236 Å². The summed E-state index contributed by atoms with van der Waals surface area (Å²) in [7, 11) is 1.59. The first-order chi connectivity index (χ1) is 18.9. The maximum Gasteiger partial charge on any atom is 0.338 e. The normalized spacial score (nSPS) is 16.2. The summed E-state index contributed by atoms with van der Waals surface area (Å²) in [5.41, 5.74) is 2.58. The maximum atomic E-state index is 13.3. The predicted molar refractivity (Wildman–Crippen MR) is 154 cm³/mol. The van der Waals surface area contributed by atoms with E-state index in [0.29, 0.717) is 45.8 Å². The molecular weight excluding hydrogens is 538 g/mol. The molecule has 0 aliphatic carbocycles. The number of amidine groups is 1.